The molecule has 2 N–H and O–H groups in total. The van der Waals surface area contributed by atoms with Crippen molar-refractivity contribution in [3.8, 4) is 0 Å². The third kappa shape index (κ3) is 2.03. The summed E-state index contributed by atoms with van der Waals surface area (Å²) in [4.78, 5) is 6.72. The molecule has 1 fully saturated rings. The summed E-state index contributed by atoms with van der Waals surface area (Å²) >= 11 is 0. The van der Waals surface area contributed by atoms with Crippen molar-refractivity contribution < 1.29 is 4.52 Å². The quantitative estimate of drug-likeness (QED) is 0.813. The number of likely N-dealkylation sites (tertiary alicyclic amines) is 1. The average Bonchev–Trinajstić information content (AvgIpc) is 2.85. The van der Waals surface area contributed by atoms with E-state index < -0.39 is 0 Å². The van der Waals surface area contributed by atoms with E-state index in [1.807, 2.05) is 6.92 Å². The number of rotatable bonds is 3. The molecule has 0 aliphatic carbocycles. The SMILES string of the molecule is CCN1CCCC1c1noc(C(C)N)n1. The molecule has 1 aromatic heterocycles. The molecule has 15 heavy (non-hydrogen) atoms. The largest absolute Gasteiger partial charge is 0.338 e. The summed E-state index contributed by atoms with van der Waals surface area (Å²) in [6.45, 7) is 6.17. The molecule has 84 valence electrons. The Morgan fingerprint density at radius 2 is 2.47 bits per heavy atom. The highest BCUT2D eigenvalue weighted by molar-refractivity contribution is 4.99. The van der Waals surface area contributed by atoms with Gasteiger partial charge in [0.05, 0.1) is 12.1 Å². The molecule has 1 aliphatic heterocycles. The van der Waals surface area contributed by atoms with Gasteiger partial charge in [-0.05, 0) is 32.9 Å². The van der Waals surface area contributed by atoms with Gasteiger partial charge in [-0.1, -0.05) is 12.1 Å². The molecule has 1 saturated heterocycles. The Bertz CT molecular complexity index is 323. The van der Waals surface area contributed by atoms with Gasteiger partial charge in [-0.25, -0.2) is 0 Å². The fourth-order valence-corrected chi connectivity index (χ4v) is 2.06. The van der Waals surface area contributed by atoms with Crippen LogP contribution in [0, 0.1) is 0 Å². The molecule has 1 aromatic rings. The van der Waals surface area contributed by atoms with Crippen molar-refractivity contribution in [3.63, 3.8) is 0 Å². The normalized spacial score (nSPS) is 24.6. The molecule has 0 bridgehead atoms. The Labute approximate surface area is 89.6 Å². The van der Waals surface area contributed by atoms with Crippen LogP contribution in [0.15, 0.2) is 4.52 Å². The number of aromatic nitrogens is 2. The van der Waals surface area contributed by atoms with E-state index in [4.69, 9.17) is 10.3 Å². The number of nitrogens with two attached hydrogens (primary N) is 1. The van der Waals surface area contributed by atoms with Gasteiger partial charge in [0.25, 0.3) is 0 Å². The third-order valence-corrected chi connectivity index (χ3v) is 2.91. The minimum absolute atomic E-state index is 0.178. The van der Waals surface area contributed by atoms with Crippen LogP contribution in [0.3, 0.4) is 0 Å². The average molecular weight is 210 g/mol. The van der Waals surface area contributed by atoms with Crippen LogP contribution < -0.4 is 5.73 Å². The van der Waals surface area contributed by atoms with E-state index in [9.17, 15) is 0 Å². The molecule has 0 spiro atoms. The molecule has 5 nitrogen and oxygen atoms in total. The number of hydrogen-bond donors (Lipinski definition) is 1. The van der Waals surface area contributed by atoms with Gasteiger partial charge >= 0.3 is 0 Å². The van der Waals surface area contributed by atoms with Gasteiger partial charge < -0.3 is 10.3 Å². The number of hydrogen-bond acceptors (Lipinski definition) is 5. The molecule has 0 saturated carbocycles. The first kappa shape index (κ1) is 10.6. The lowest BCUT2D eigenvalue weighted by atomic mass is 10.2. The number of nitrogens with zero attached hydrogens (tertiary/aromatic N) is 3. The van der Waals surface area contributed by atoms with Crippen molar-refractivity contribution in [2.75, 3.05) is 13.1 Å². The Morgan fingerprint density at radius 1 is 1.67 bits per heavy atom. The highest BCUT2D eigenvalue weighted by Gasteiger charge is 2.28. The van der Waals surface area contributed by atoms with Crippen molar-refractivity contribution in [2.24, 2.45) is 5.73 Å². The van der Waals surface area contributed by atoms with E-state index in [2.05, 4.69) is 22.0 Å². The van der Waals surface area contributed by atoms with E-state index >= 15 is 0 Å². The van der Waals surface area contributed by atoms with Crippen LogP contribution in [0.2, 0.25) is 0 Å². The fraction of sp³-hybridized carbons (Fsp3) is 0.800. The summed E-state index contributed by atoms with van der Waals surface area (Å²) in [5, 5.41) is 4.01. The standard InChI is InChI=1S/C10H18N4O/c1-3-14-6-4-5-8(14)9-12-10(7(2)11)15-13-9/h7-8H,3-6,11H2,1-2H3. The van der Waals surface area contributed by atoms with Crippen molar-refractivity contribution in [2.45, 2.75) is 38.8 Å². The Kier molecular flexibility index (Phi) is 3.02. The third-order valence-electron chi connectivity index (χ3n) is 2.91. The first-order valence-electron chi connectivity index (χ1n) is 5.55. The van der Waals surface area contributed by atoms with Crippen LogP contribution in [-0.2, 0) is 0 Å². The topological polar surface area (TPSA) is 68.2 Å². The molecule has 2 unspecified atom stereocenters. The van der Waals surface area contributed by atoms with Crippen LogP contribution >= 0.6 is 0 Å². The zero-order valence-corrected chi connectivity index (χ0v) is 9.31. The van der Waals surface area contributed by atoms with Gasteiger partial charge in [-0.2, -0.15) is 4.98 Å². The summed E-state index contributed by atoms with van der Waals surface area (Å²) in [6, 6.07) is 0.147. The second-order valence-corrected chi connectivity index (χ2v) is 4.07. The maximum Gasteiger partial charge on any atom is 0.243 e. The van der Waals surface area contributed by atoms with Gasteiger partial charge in [0, 0.05) is 0 Å². The summed E-state index contributed by atoms with van der Waals surface area (Å²) < 4.78 is 5.12. The molecular weight excluding hydrogens is 192 g/mol. The van der Waals surface area contributed by atoms with E-state index in [1.54, 1.807) is 0 Å². The summed E-state index contributed by atoms with van der Waals surface area (Å²) in [5.74, 6) is 1.33. The highest BCUT2D eigenvalue weighted by atomic mass is 16.5. The van der Waals surface area contributed by atoms with E-state index in [-0.39, 0.29) is 6.04 Å². The molecule has 5 heteroatoms. The second-order valence-electron chi connectivity index (χ2n) is 4.07. The van der Waals surface area contributed by atoms with Gasteiger partial charge in [-0.3, -0.25) is 4.90 Å². The van der Waals surface area contributed by atoms with Gasteiger partial charge in [0.1, 0.15) is 0 Å². The molecule has 2 atom stereocenters. The molecule has 0 aromatic carbocycles. The molecule has 0 radical (unpaired) electrons. The molecule has 1 aliphatic rings. The van der Waals surface area contributed by atoms with Gasteiger partial charge in [0.2, 0.25) is 5.89 Å². The predicted molar refractivity (Wildman–Crippen MR) is 56.1 cm³/mol. The molecule has 0 amide bonds. The smallest absolute Gasteiger partial charge is 0.243 e. The van der Waals surface area contributed by atoms with Crippen molar-refractivity contribution in [1.82, 2.24) is 15.0 Å². The van der Waals surface area contributed by atoms with Gasteiger partial charge in [-0.15, -0.1) is 0 Å². The zero-order chi connectivity index (χ0) is 10.8. The fourth-order valence-electron chi connectivity index (χ4n) is 2.06. The molecular formula is C10H18N4O. The van der Waals surface area contributed by atoms with Crippen LogP contribution in [0.1, 0.15) is 50.5 Å². The van der Waals surface area contributed by atoms with E-state index in [0.717, 1.165) is 25.3 Å². The van der Waals surface area contributed by atoms with E-state index in [0.29, 0.717) is 11.9 Å². The van der Waals surface area contributed by atoms with Crippen molar-refractivity contribution in [3.05, 3.63) is 11.7 Å². The first-order chi connectivity index (χ1) is 7.22. The summed E-state index contributed by atoms with van der Waals surface area (Å²) in [7, 11) is 0. The Hall–Kier alpha value is -0.940. The van der Waals surface area contributed by atoms with Crippen LogP contribution in [0.25, 0.3) is 0 Å². The minimum Gasteiger partial charge on any atom is -0.338 e. The van der Waals surface area contributed by atoms with Crippen molar-refractivity contribution >= 4 is 0 Å². The zero-order valence-electron chi connectivity index (χ0n) is 9.31. The lowest BCUT2D eigenvalue weighted by Crippen LogP contribution is -2.23. The molecule has 2 heterocycles. The summed E-state index contributed by atoms with van der Waals surface area (Å²) in [6.07, 6.45) is 2.33. The summed E-state index contributed by atoms with van der Waals surface area (Å²) in [5.41, 5.74) is 5.68. The monoisotopic (exact) mass is 210 g/mol. The highest BCUT2D eigenvalue weighted by Crippen LogP contribution is 2.29. The van der Waals surface area contributed by atoms with Gasteiger partial charge in [0.15, 0.2) is 5.82 Å². The van der Waals surface area contributed by atoms with Crippen LogP contribution in [0.4, 0.5) is 0 Å². The maximum absolute atomic E-state index is 5.68. The van der Waals surface area contributed by atoms with E-state index in [1.165, 1.54) is 6.42 Å². The predicted octanol–water partition coefficient (Wildman–Crippen LogP) is 1.25. The minimum atomic E-state index is -0.178. The second kappa shape index (κ2) is 4.28. The lowest BCUT2D eigenvalue weighted by Gasteiger charge is -2.18. The Morgan fingerprint density at radius 3 is 3.07 bits per heavy atom. The lowest BCUT2D eigenvalue weighted by molar-refractivity contribution is 0.254. The van der Waals surface area contributed by atoms with Crippen LogP contribution in [-0.4, -0.2) is 28.1 Å². The molecule has 2 rings (SSSR count). The maximum atomic E-state index is 5.68. The first-order valence-corrected chi connectivity index (χ1v) is 5.55. The van der Waals surface area contributed by atoms with Crippen molar-refractivity contribution in [1.29, 1.82) is 0 Å². The Balaban J connectivity index is 2.14. The van der Waals surface area contributed by atoms with Crippen LogP contribution in [0.5, 0.6) is 0 Å².